The predicted octanol–water partition coefficient (Wildman–Crippen LogP) is 1.15. The van der Waals surface area contributed by atoms with Gasteiger partial charge in [0.2, 0.25) is 0 Å². The molecular formula is C16H26O8. The van der Waals surface area contributed by atoms with Gasteiger partial charge in [-0.3, -0.25) is 9.59 Å². The number of ether oxygens (including phenoxy) is 6. The van der Waals surface area contributed by atoms with E-state index in [1.165, 1.54) is 13.8 Å². The second-order valence-corrected chi connectivity index (χ2v) is 6.88. The molecule has 0 bridgehead atoms. The fourth-order valence-corrected chi connectivity index (χ4v) is 2.85. The molecule has 138 valence electrons. The van der Waals surface area contributed by atoms with Gasteiger partial charge in [-0.1, -0.05) is 0 Å². The van der Waals surface area contributed by atoms with Crippen LogP contribution in [0.5, 0.6) is 0 Å². The van der Waals surface area contributed by atoms with Gasteiger partial charge in [0.1, 0.15) is 12.2 Å². The molecule has 4 unspecified atom stereocenters. The van der Waals surface area contributed by atoms with Crippen molar-refractivity contribution >= 4 is 11.9 Å². The molecule has 2 rings (SSSR count). The van der Waals surface area contributed by atoms with E-state index in [2.05, 4.69) is 0 Å². The Balaban J connectivity index is 2.23. The van der Waals surface area contributed by atoms with Crippen molar-refractivity contribution in [3.63, 3.8) is 0 Å². The van der Waals surface area contributed by atoms with Crippen molar-refractivity contribution in [3.8, 4) is 0 Å². The summed E-state index contributed by atoms with van der Waals surface area (Å²) in [6.45, 7) is 10.0. The second kappa shape index (κ2) is 6.95. The van der Waals surface area contributed by atoms with Crippen molar-refractivity contribution < 1.29 is 38.0 Å². The first-order valence-corrected chi connectivity index (χ1v) is 7.97. The summed E-state index contributed by atoms with van der Waals surface area (Å²) in [5.74, 6) is -2.64. The molecule has 0 spiro atoms. The minimum absolute atomic E-state index is 0.208. The third-order valence-corrected chi connectivity index (χ3v) is 3.72. The summed E-state index contributed by atoms with van der Waals surface area (Å²) in [6, 6.07) is 0. The minimum Gasteiger partial charge on any atom is -0.456 e. The molecule has 0 aromatic rings. The molecular weight excluding hydrogens is 320 g/mol. The van der Waals surface area contributed by atoms with Crippen molar-refractivity contribution in [2.75, 3.05) is 13.2 Å². The Morgan fingerprint density at radius 3 is 1.38 bits per heavy atom. The summed E-state index contributed by atoms with van der Waals surface area (Å²) in [7, 11) is 0. The van der Waals surface area contributed by atoms with Crippen molar-refractivity contribution in [1.29, 1.82) is 0 Å². The molecule has 0 N–H and O–H groups in total. The van der Waals surface area contributed by atoms with Gasteiger partial charge < -0.3 is 28.4 Å². The number of hydrogen-bond acceptors (Lipinski definition) is 8. The van der Waals surface area contributed by atoms with Gasteiger partial charge in [0, 0.05) is 13.8 Å². The van der Waals surface area contributed by atoms with E-state index in [0.717, 1.165) is 0 Å². The Hall–Kier alpha value is -1.22. The third-order valence-electron chi connectivity index (χ3n) is 3.72. The normalized spacial score (nSPS) is 30.6. The molecule has 0 aliphatic carbocycles. The molecule has 2 heterocycles. The molecule has 0 aromatic carbocycles. The zero-order valence-electron chi connectivity index (χ0n) is 15.0. The summed E-state index contributed by atoms with van der Waals surface area (Å²) < 4.78 is 33.5. The Kier molecular flexibility index (Phi) is 5.54. The lowest BCUT2D eigenvalue weighted by atomic mass is 10.0. The first-order valence-electron chi connectivity index (χ1n) is 7.97. The van der Waals surface area contributed by atoms with E-state index in [0.29, 0.717) is 0 Å². The monoisotopic (exact) mass is 346 g/mol. The maximum Gasteiger partial charge on any atom is 0.303 e. The number of hydrogen-bond donors (Lipinski definition) is 0. The van der Waals surface area contributed by atoms with Gasteiger partial charge in [0.15, 0.2) is 23.8 Å². The first-order chi connectivity index (χ1) is 11.0. The Bertz CT molecular complexity index is 442. The molecule has 2 fully saturated rings. The van der Waals surface area contributed by atoms with Gasteiger partial charge in [-0.2, -0.15) is 0 Å². The Morgan fingerprint density at radius 1 is 0.833 bits per heavy atom. The van der Waals surface area contributed by atoms with E-state index in [1.54, 1.807) is 27.7 Å². The van der Waals surface area contributed by atoms with Crippen LogP contribution in [-0.2, 0) is 38.0 Å². The molecule has 4 atom stereocenters. The van der Waals surface area contributed by atoms with Crippen LogP contribution in [0.4, 0.5) is 0 Å². The highest BCUT2D eigenvalue weighted by Crippen LogP contribution is 2.32. The average molecular weight is 346 g/mol. The zero-order valence-corrected chi connectivity index (χ0v) is 15.0. The van der Waals surface area contributed by atoms with Crippen LogP contribution in [0.25, 0.3) is 0 Å². The van der Waals surface area contributed by atoms with E-state index in [-0.39, 0.29) is 13.2 Å². The smallest absolute Gasteiger partial charge is 0.303 e. The van der Waals surface area contributed by atoms with Crippen LogP contribution >= 0.6 is 0 Å². The fraction of sp³-hybridized carbons (Fsp3) is 0.875. The van der Waals surface area contributed by atoms with Crippen LogP contribution in [0.2, 0.25) is 0 Å². The summed E-state index contributed by atoms with van der Waals surface area (Å²) in [5.41, 5.74) is 0. The molecule has 0 radical (unpaired) electrons. The van der Waals surface area contributed by atoms with Crippen LogP contribution < -0.4 is 0 Å². The SMILES string of the molecule is CC(=O)OC(C1COC(C)(C)O1)C(OC(C)=O)C1COC(C)(C)O1. The van der Waals surface area contributed by atoms with Gasteiger partial charge in [0.25, 0.3) is 0 Å². The van der Waals surface area contributed by atoms with Crippen LogP contribution in [0.1, 0.15) is 41.5 Å². The molecule has 0 saturated carbocycles. The highest BCUT2D eigenvalue weighted by molar-refractivity contribution is 5.67. The van der Waals surface area contributed by atoms with Gasteiger partial charge >= 0.3 is 11.9 Å². The standard InChI is InChI=1S/C16H26O8/c1-9(17)21-13(11-7-19-15(3,4)23-11)14(22-10(2)18)12-8-20-16(5,6)24-12/h11-14H,7-8H2,1-6H3. The molecule has 8 heteroatoms. The maximum atomic E-state index is 11.6. The molecule has 0 amide bonds. The molecule has 2 aliphatic rings. The van der Waals surface area contributed by atoms with Crippen molar-refractivity contribution in [1.82, 2.24) is 0 Å². The third kappa shape index (κ3) is 4.89. The van der Waals surface area contributed by atoms with E-state index in [4.69, 9.17) is 28.4 Å². The summed E-state index contributed by atoms with van der Waals surface area (Å²) >= 11 is 0. The van der Waals surface area contributed by atoms with Crippen LogP contribution in [-0.4, -0.2) is 61.1 Å². The molecule has 8 nitrogen and oxygen atoms in total. The number of carbonyl (C=O) groups is 2. The average Bonchev–Trinajstić information content (AvgIpc) is 2.95. The van der Waals surface area contributed by atoms with Gasteiger partial charge in [-0.05, 0) is 27.7 Å². The molecule has 24 heavy (non-hydrogen) atoms. The summed E-state index contributed by atoms with van der Waals surface area (Å²) in [5, 5.41) is 0. The van der Waals surface area contributed by atoms with Gasteiger partial charge in [-0.25, -0.2) is 0 Å². The number of esters is 2. The van der Waals surface area contributed by atoms with E-state index in [1.807, 2.05) is 0 Å². The number of carbonyl (C=O) groups excluding carboxylic acids is 2. The minimum atomic E-state index is -0.865. The molecule has 2 aliphatic heterocycles. The first kappa shape index (κ1) is 19.1. The fourth-order valence-electron chi connectivity index (χ4n) is 2.85. The van der Waals surface area contributed by atoms with E-state index in [9.17, 15) is 9.59 Å². The maximum absolute atomic E-state index is 11.6. The highest BCUT2D eigenvalue weighted by atomic mass is 16.8. The lowest BCUT2D eigenvalue weighted by Crippen LogP contribution is -2.51. The van der Waals surface area contributed by atoms with Crippen molar-refractivity contribution in [2.24, 2.45) is 0 Å². The predicted molar refractivity (Wildman–Crippen MR) is 80.9 cm³/mol. The Labute approximate surface area is 141 Å². The molecule has 0 aromatic heterocycles. The molecule has 2 saturated heterocycles. The second-order valence-electron chi connectivity index (χ2n) is 6.88. The summed E-state index contributed by atoms with van der Waals surface area (Å²) in [4.78, 5) is 23.1. The largest absolute Gasteiger partial charge is 0.456 e. The van der Waals surface area contributed by atoms with Gasteiger partial charge in [-0.15, -0.1) is 0 Å². The van der Waals surface area contributed by atoms with Gasteiger partial charge in [0.05, 0.1) is 13.2 Å². The van der Waals surface area contributed by atoms with Crippen molar-refractivity contribution in [3.05, 3.63) is 0 Å². The lowest BCUT2D eigenvalue weighted by Gasteiger charge is -2.33. The topological polar surface area (TPSA) is 89.5 Å². The van der Waals surface area contributed by atoms with Crippen LogP contribution in [0.3, 0.4) is 0 Å². The Morgan fingerprint density at radius 2 is 1.17 bits per heavy atom. The number of rotatable bonds is 5. The zero-order chi connectivity index (χ0) is 18.1. The van der Waals surface area contributed by atoms with Crippen molar-refractivity contribution in [2.45, 2.75) is 77.5 Å². The van der Waals surface area contributed by atoms with Crippen LogP contribution in [0.15, 0.2) is 0 Å². The highest BCUT2D eigenvalue weighted by Gasteiger charge is 2.49. The quantitative estimate of drug-likeness (QED) is 0.685. The summed E-state index contributed by atoms with van der Waals surface area (Å²) in [6.07, 6.45) is -2.90. The van der Waals surface area contributed by atoms with Crippen LogP contribution in [0, 0.1) is 0 Å². The lowest BCUT2D eigenvalue weighted by molar-refractivity contribution is -0.207. The van der Waals surface area contributed by atoms with E-state index >= 15 is 0 Å². The van der Waals surface area contributed by atoms with E-state index < -0.39 is 47.9 Å².